The van der Waals surface area contributed by atoms with Gasteiger partial charge in [-0.1, -0.05) is 56.7 Å². The van der Waals surface area contributed by atoms with Crippen molar-refractivity contribution in [3.05, 3.63) is 41.1 Å². The molecule has 2 aromatic rings. The van der Waals surface area contributed by atoms with E-state index in [-0.39, 0.29) is 11.8 Å². The molecule has 1 aromatic carbocycles. The van der Waals surface area contributed by atoms with Crippen LogP contribution in [0.5, 0.6) is 5.75 Å². The minimum absolute atomic E-state index is 0.0182. The van der Waals surface area contributed by atoms with Crippen molar-refractivity contribution in [2.75, 3.05) is 17.7 Å². The van der Waals surface area contributed by atoms with Gasteiger partial charge in [-0.25, -0.2) is 4.68 Å². The molecule has 1 N–H and O–H groups in total. The first-order valence-corrected chi connectivity index (χ1v) is 11.3. The van der Waals surface area contributed by atoms with Crippen molar-refractivity contribution in [2.45, 2.75) is 64.6 Å². The molecule has 1 aliphatic rings. The van der Waals surface area contributed by atoms with Gasteiger partial charge in [0.15, 0.2) is 5.78 Å². The van der Waals surface area contributed by atoms with Crippen molar-refractivity contribution in [2.24, 2.45) is 0 Å². The lowest BCUT2D eigenvalue weighted by Crippen LogP contribution is -2.28. The summed E-state index contributed by atoms with van der Waals surface area (Å²) >= 11 is 1.65. The molecule has 0 fully saturated rings. The van der Waals surface area contributed by atoms with E-state index >= 15 is 0 Å². The third kappa shape index (κ3) is 4.83. The highest BCUT2D eigenvalue weighted by Crippen LogP contribution is 2.40. The summed E-state index contributed by atoms with van der Waals surface area (Å²) < 4.78 is 7.91. The van der Waals surface area contributed by atoms with Gasteiger partial charge in [-0.05, 0) is 32.8 Å². The molecular weight excluding hydrogens is 384 g/mol. The number of aromatic nitrogens is 3. The van der Waals surface area contributed by atoms with Crippen LogP contribution < -0.4 is 10.1 Å². The first-order valence-electron chi connectivity index (χ1n) is 10.4. The average molecular weight is 415 g/mol. The summed E-state index contributed by atoms with van der Waals surface area (Å²) in [4.78, 5) is 17.3. The Balaban J connectivity index is 2.03. The molecule has 0 aliphatic carbocycles. The number of carbonyl (C=O) groups excluding carboxylic acids is 1. The van der Waals surface area contributed by atoms with Crippen molar-refractivity contribution in [3.63, 3.8) is 0 Å². The van der Waals surface area contributed by atoms with Crippen molar-refractivity contribution in [3.8, 4) is 5.75 Å². The minimum atomic E-state index is -0.352. The van der Waals surface area contributed by atoms with Gasteiger partial charge >= 0.3 is 0 Å². The Labute approximate surface area is 177 Å². The zero-order valence-corrected chi connectivity index (χ0v) is 18.5. The SMILES string of the molecule is CCCCOc1ccccc1C1C(C(C)=O)=C(C)Nc2nc(SCCCC)nn21. The molecule has 29 heavy (non-hydrogen) atoms. The minimum Gasteiger partial charge on any atom is -0.493 e. The zero-order valence-electron chi connectivity index (χ0n) is 17.7. The van der Waals surface area contributed by atoms with E-state index in [0.717, 1.165) is 53.6 Å². The molecule has 0 amide bonds. The lowest BCUT2D eigenvalue weighted by atomic mass is 9.92. The average Bonchev–Trinajstić information content (AvgIpc) is 3.10. The normalized spacial score (nSPS) is 15.8. The van der Waals surface area contributed by atoms with Crippen molar-refractivity contribution >= 4 is 23.5 Å². The fourth-order valence-electron chi connectivity index (χ4n) is 3.41. The van der Waals surface area contributed by atoms with Crippen LogP contribution in [0.3, 0.4) is 0 Å². The Hall–Kier alpha value is -2.28. The smallest absolute Gasteiger partial charge is 0.227 e. The number of rotatable bonds is 10. The summed E-state index contributed by atoms with van der Waals surface area (Å²) in [5, 5.41) is 8.75. The van der Waals surface area contributed by atoms with Gasteiger partial charge in [-0.2, -0.15) is 4.98 Å². The van der Waals surface area contributed by atoms with Crippen LogP contribution in [0.1, 0.15) is 65.0 Å². The molecule has 0 bridgehead atoms. The number of benzene rings is 1. The van der Waals surface area contributed by atoms with Crippen LogP contribution in [0.4, 0.5) is 5.95 Å². The molecule has 0 saturated carbocycles. The van der Waals surface area contributed by atoms with Crippen LogP contribution in [0.15, 0.2) is 40.7 Å². The van der Waals surface area contributed by atoms with E-state index in [9.17, 15) is 4.79 Å². The number of anilines is 1. The Bertz CT molecular complexity index is 891. The molecule has 1 aromatic heterocycles. The summed E-state index contributed by atoms with van der Waals surface area (Å²) in [5.74, 6) is 2.46. The Morgan fingerprint density at radius 1 is 1.24 bits per heavy atom. The number of hydrogen-bond acceptors (Lipinski definition) is 6. The van der Waals surface area contributed by atoms with Gasteiger partial charge in [-0.15, -0.1) is 5.10 Å². The number of unbranched alkanes of at least 4 members (excludes halogenated alkanes) is 2. The molecule has 3 rings (SSSR count). The van der Waals surface area contributed by atoms with Gasteiger partial charge in [0, 0.05) is 22.6 Å². The van der Waals surface area contributed by atoms with Crippen molar-refractivity contribution in [1.29, 1.82) is 0 Å². The second-order valence-electron chi connectivity index (χ2n) is 7.23. The van der Waals surface area contributed by atoms with Gasteiger partial charge in [0.2, 0.25) is 11.1 Å². The molecule has 0 radical (unpaired) electrons. The number of nitrogens with one attached hydrogen (secondary N) is 1. The summed E-state index contributed by atoms with van der Waals surface area (Å²) in [6, 6.07) is 7.57. The molecule has 156 valence electrons. The van der Waals surface area contributed by atoms with E-state index in [1.807, 2.05) is 35.9 Å². The highest BCUT2D eigenvalue weighted by atomic mass is 32.2. The van der Waals surface area contributed by atoms with Gasteiger partial charge < -0.3 is 10.1 Å². The fourth-order valence-corrected chi connectivity index (χ4v) is 4.32. The van der Waals surface area contributed by atoms with Gasteiger partial charge in [0.25, 0.3) is 0 Å². The third-order valence-corrected chi connectivity index (χ3v) is 5.83. The Morgan fingerprint density at radius 3 is 2.72 bits per heavy atom. The maximum absolute atomic E-state index is 12.6. The van der Waals surface area contributed by atoms with Crippen LogP contribution >= 0.6 is 11.8 Å². The summed E-state index contributed by atoms with van der Waals surface area (Å²) in [7, 11) is 0. The molecule has 1 unspecified atom stereocenters. The van der Waals surface area contributed by atoms with Crippen LogP contribution in [-0.4, -0.2) is 32.9 Å². The first kappa shape index (κ1) is 21.4. The highest BCUT2D eigenvalue weighted by molar-refractivity contribution is 7.99. The second kappa shape index (κ2) is 9.96. The van der Waals surface area contributed by atoms with E-state index in [4.69, 9.17) is 9.84 Å². The molecule has 7 heteroatoms. The Kier molecular flexibility index (Phi) is 7.36. The molecule has 6 nitrogen and oxygen atoms in total. The van der Waals surface area contributed by atoms with Gasteiger partial charge in [0.1, 0.15) is 11.8 Å². The van der Waals surface area contributed by atoms with E-state index in [0.29, 0.717) is 18.1 Å². The molecule has 2 heterocycles. The van der Waals surface area contributed by atoms with E-state index in [1.54, 1.807) is 18.7 Å². The largest absolute Gasteiger partial charge is 0.493 e. The summed E-state index contributed by atoms with van der Waals surface area (Å²) in [5.41, 5.74) is 2.45. The topological polar surface area (TPSA) is 69.0 Å². The number of ketones is 1. The summed E-state index contributed by atoms with van der Waals surface area (Å²) in [6.07, 6.45) is 4.31. The standard InChI is InChI=1S/C22H30N4O2S/c1-5-7-13-28-18-12-10-9-11-17(18)20-19(16(4)27)15(3)23-21-24-22(25-26(20)21)29-14-8-6-2/h9-12,20H,5-8,13-14H2,1-4H3,(H,23,24,25). The highest BCUT2D eigenvalue weighted by Gasteiger charge is 2.34. The van der Waals surface area contributed by atoms with E-state index in [2.05, 4.69) is 24.1 Å². The number of hydrogen-bond donors (Lipinski definition) is 1. The molecular formula is C22H30N4O2S. The molecule has 1 aliphatic heterocycles. The number of allylic oxidation sites excluding steroid dienone is 2. The van der Waals surface area contributed by atoms with Gasteiger partial charge in [0.05, 0.1) is 6.61 Å². The predicted octanol–water partition coefficient (Wildman–Crippen LogP) is 5.23. The number of fused-ring (bicyclic) bond motifs is 1. The number of ether oxygens (including phenoxy) is 1. The number of para-hydroxylation sites is 1. The van der Waals surface area contributed by atoms with Crippen LogP contribution in [0, 0.1) is 0 Å². The maximum Gasteiger partial charge on any atom is 0.227 e. The van der Waals surface area contributed by atoms with Gasteiger partial charge in [-0.3, -0.25) is 4.79 Å². The molecule has 0 spiro atoms. The third-order valence-electron chi connectivity index (χ3n) is 4.91. The monoisotopic (exact) mass is 414 g/mol. The zero-order chi connectivity index (χ0) is 20.8. The molecule has 0 saturated heterocycles. The summed E-state index contributed by atoms with van der Waals surface area (Å²) in [6.45, 7) is 8.49. The van der Waals surface area contributed by atoms with Crippen LogP contribution in [0.25, 0.3) is 0 Å². The lowest BCUT2D eigenvalue weighted by Gasteiger charge is -2.29. The Morgan fingerprint density at radius 2 is 2.00 bits per heavy atom. The van der Waals surface area contributed by atoms with Crippen molar-refractivity contribution in [1.82, 2.24) is 14.8 Å². The maximum atomic E-state index is 12.6. The van der Waals surface area contributed by atoms with Crippen LogP contribution in [0.2, 0.25) is 0 Å². The number of carbonyl (C=O) groups is 1. The van der Waals surface area contributed by atoms with Crippen molar-refractivity contribution < 1.29 is 9.53 Å². The molecule has 1 atom stereocenters. The first-order chi connectivity index (χ1) is 14.1. The second-order valence-corrected chi connectivity index (χ2v) is 8.29. The number of Topliss-reactive ketones (excluding diaryl/α,β-unsaturated/α-hetero) is 1. The fraction of sp³-hybridized carbons (Fsp3) is 0.500. The predicted molar refractivity (Wildman–Crippen MR) is 118 cm³/mol. The number of thioether (sulfide) groups is 1. The van der Waals surface area contributed by atoms with Crippen LogP contribution in [-0.2, 0) is 4.79 Å². The number of nitrogens with zero attached hydrogens (tertiary/aromatic N) is 3. The lowest BCUT2D eigenvalue weighted by molar-refractivity contribution is -0.114. The quantitative estimate of drug-likeness (QED) is 0.424. The van der Waals surface area contributed by atoms with E-state index < -0.39 is 0 Å². The van der Waals surface area contributed by atoms with E-state index in [1.165, 1.54) is 0 Å².